The fourth-order valence-corrected chi connectivity index (χ4v) is 1.94. The summed E-state index contributed by atoms with van der Waals surface area (Å²) in [6.07, 6.45) is 0. The number of likely N-dealkylation sites (N-methyl/N-ethyl adjacent to an activating group) is 2. The van der Waals surface area contributed by atoms with Gasteiger partial charge in [0.25, 0.3) is 5.91 Å². The van der Waals surface area contributed by atoms with E-state index in [2.05, 4.69) is 5.32 Å². The highest BCUT2D eigenvalue weighted by atomic mass is 19.1. The van der Waals surface area contributed by atoms with Crippen molar-refractivity contribution in [1.29, 1.82) is 0 Å². The molecule has 1 heterocycles. The second-order valence-electron chi connectivity index (χ2n) is 5.14. The second kappa shape index (κ2) is 8.09. The molecule has 2 aromatic rings. The molecule has 0 saturated carbocycles. The lowest BCUT2D eigenvalue weighted by molar-refractivity contribution is -0.137. The van der Waals surface area contributed by atoms with E-state index >= 15 is 0 Å². The minimum Gasteiger partial charge on any atom is -0.450 e. The Labute approximate surface area is 143 Å². The molecule has 0 saturated heterocycles. The Bertz CT molecular complexity index is 787. The van der Waals surface area contributed by atoms with Gasteiger partial charge in [-0.15, -0.1) is 0 Å². The smallest absolute Gasteiger partial charge is 0.374 e. The highest BCUT2D eigenvalue weighted by Crippen LogP contribution is 2.25. The Morgan fingerprint density at radius 2 is 1.92 bits per heavy atom. The van der Waals surface area contributed by atoms with Crippen molar-refractivity contribution in [2.75, 3.05) is 27.2 Å². The van der Waals surface area contributed by atoms with Crippen molar-refractivity contribution in [3.8, 4) is 11.3 Å². The summed E-state index contributed by atoms with van der Waals surface area (Å²) in [5, 5.41) is 2.38. The number of halogens is 1. The van der Waals surface area contributed by atoms with Gasteiger partial charge in [-0.3, -0.25) is 9.59 Å². The topological polar surface area (TPSA) is 88.9 Å². The first-order valence-electron chi connectivity index (χ1n) is 7.38. The van der Waals surface area contributed by atoms with E-state index in [-0.39, 0.29) is 29.5 Å². The number of benzene rings is 1. The standard InChI is InChI=1S/C17H17FN2O5/c1-19-15(21)9-20(2)16(22)10-24-17(23)14-8-7-13(25-14)11-5-3-4-6-12(11)18/h3-8H,9-10H2,1-2H3,(H,19,21). The molecule has 0 radical (unpaired) electrons. The number of amides is 2. The average molecular weight is 348 g/mol. The van der Waals surface area contributed by atoms with Gasteiger partial charge in [-0.1, -0.05) is 12.1 Å². The van der Waals surface area contributed by atoms with E-state index in [1.54, 1.807) is 6.07 Å². The number of carbonyl (C=O) groups excluding carboxylic acids is 3. The van der Waals surface area contributed by atoms with Crippen LogP contribution in [0.2, 0.25) is 0 Å². The monoisotopic (exact) mass is 348 g/mol. The zero-order chi connectivity index (χ0) is 18.4. The van der Waals surface area contributed by atoms with Crippen molar-refractivity contribution >= 4 is 17.8 Å². The third kappa shape index (κ3) is 4.66. The van der Waals surface area contributed by atoms with Crippen LogP contribution in [-0.2, 0) is 14.3 Å². The fraction of sp³-hybridized carbons (Fsp3) is 0.235. The van der Waals surface area contributed by atoms with Gasteiger partial charge in [0.05, 0.1) is 12.1 Å². The van der Waals surface area contributed by atoms with Gasteiger partial charge in [0.15, 0.2) is 6.61 Å². The molecule has 132 valence electrons. The summed E-state index contributed by atoms with van der Waals surface area (Å²) in [5.74, 6) is -2.21. The summed E-state index contributed by atoms with van der Waals surface area (Å²) in [6, 6.07) is 8.74. The van der Waals surface area contributed by atoms with Gasteiger partial charge in [0.2, 0.25) is 11.7 Å². The Morgan fingerprint density at radius 3 is 2.60 bits per heavy atom. The maximum atomic E-state index is 13.7. The number of nitrogens with zero attached hydrogens (tertiary/aromatic N) is 1. The van der Waals surface area contributed by atoms with Crippen LogP contribution < -0.4 is 5.32 Å². The summed E-state index contributed by atoms with van der Waals surface area (Å²) in [6.45, 7) is -0.687. The normalized spacial score (nSPS) is 10.2. The third-order valence-electron chi connectivity index (χ3n) is 3.36. The van der Waals surface area contributed by atoms with E-state index < -0.39 is 24.3 Å². The molecule has 1 aromatic carbocycles. The van der Waals surface area contributed by atoms with E-state index in [0.717, 1.165) is 4.90 Å². The zero-order valence-electron chi connectivity index (χ0n) is 13.7. The van der Waals surface area contributed by atoms with Crippen molar-refractivity contribution in [3.05, 3.63) is 48.0 Å². The Hall–Kier alpha value is -3.16. The second-order valence-corrected chi connectivity index (χ2v) is 5.14. The van der Waals surface area contributed by atoms with Gasteiger partial charge in [0, 0.05) is 14.1 Å². The lowest BCUT2D eigenvalue weighted by Gasteiger charge is -2.15. The summed E-state index contributed by atoms with van der Waals surface area (Å²) in [7, 11) is 2.86. The molecule has 0 unspecified atom stereocenters. The molecule has 0 aliphatic rings. The van der Waals surface area contributed by atoms with E-state index in [1.165, 1.54) is 44.4 Å². The maximum absolute atomic E-state index is 13.7. The van der Waals surface area contributed by atoms with Gasteiger partial charge in [-0.05, 0) is 24.3 Å². The third-order valence-corrected chi connectivity index (χ3v) is 3.36. The van der Waals surface area contributed by atoms with Crippen molar-refractivity contribution < 1.29 is 27.9 Å². The zero-order valence-corrected chi connectivity index (χ0v) is 13.7. The van der Waals surface area contributed by atoms with E-state index in [9.17, 15) is 18.8 Å². The van der Waals surface area contributed by atoms with Gasteiger partial charge < -0.3 is 19.4 Å². The molecule has 0 fully saturated rings. The Kier molecular flexibility index (Phi) is 5.89. The van der Waals surface area contributed by atoms with Crippen LogP contribution in [0.4, 0.5) is 4.39 Å². The largest absolute Gasteiger partial charge is 0.450 e. The molecular formula is C17H17FN2O5. The Morgan fingerprint density at radius 1 is 1.20 bits per heavy atom. The van der Waals surface area contributed by atoms with Crippen LogP contribution in [0, 0.1) is 5.82 Å². The first-order valence-corrected chi connectivity index (χ1v) is 7.38. The number of furan rings is 1. The van der Waals surface area contributed by atoms with Crippen LogP contribution in [0.5, 0.6) is 0 Å². The van der Waals surface area contributed by atoms with Gasteiger partial charge in [0.1, 0.15) is 11.6 Å². The summed E-state index contributed by atoms with van der Waals surface area (Å²) in [4.78, 5) is 36.0. The van der Waals surface area contributed by atoms with Crippen molar-refractivity contribution in [1.82, 2.24) is 10.2 Å². The Balaban J connectivity index is 1.95. The summed E-state index contributed by atoms with van der Waals surface area (Å²) < 4.78 is 23.8. The highest BCUT2D eigenvalue weighted by molar-refractivity contribution is 5.90. The SMILES string of the molecule is CNC(=O)CN(C)C(=O)COC(=O)c1ccc(-c2ccccc2F)o1. The molecule has 2 rings (SSSR count). The molecule has 8 heteroatoms. The van der Waals surface area contributed by atoms with Crippen molar-refractivity contribution in [3.63, 3.8) is 0 Å². The molecule has 1 N–H and O–H groups in total. The molecule has 2 amide bonds. The quantitative estimate of drug-likeness (QED) is 0.798. The number of hydrogen-bond donors (Lipinski definition) is 1. The predicted octanol–water partition coefficient (Wildman–Crippen LogP) is 1.45. The van der Waals surface area contributed by atoms with Crippen molar-refractivity contribution in [2.45, 2.75) is 0 Å². The summed E-state index contributed by atoms with van der Waals surface area (Å²) >= 11 is 0. The number of hydrogen-bond acceptors (Lipinski definition) is 5. The molecule has 0 atom stereocenters. The lowest BCUT2D eigenvalue weighted by Crippen LogP contribution is -2.39. The first-order chi connectivity index (χ1) is 11.9. The molecular weight excluding hydrogens is 331 g/mol. The van der Waals surface area contributed by atoms with Crippen LogP contribution in [0.15, 0.2) is 40.8 Å². The van der Waals surface area contributed by atoms with Crippen LogP contribution in [0.3, 0.4) is 0 Å². The average Bonchev–Trinajstić information content (AvgIpc) is 3.09. The molecule has 1 aromatic heterocycles. The minimum absolute atomic E-state index is 0.148. The molecule has 0 bridgehead atoms. The summed E-state index contributed by atoms with van der Waals surface area (Å²) in [5.41, 5.74) is 0.211. The number of esters is 1. The molecule has 25 heavy (non-hydrogen) atoms. The first kappa shape index (κ1) is 18.2. The lowest BCUT2D eigenvalue weighted by atomic mass is 10.1. The number of rotatable bonds is 6. The fourth-order valence-electron chi connectivity index (χ4n) is 1.94. The predicted molar refractivity (Wildman–Crippen MR) is 86.1 cm³/mol. The van der Waals surface area contributed by atoms with Crippen molar-refractivity contribution in [2.24, 2.45) is 0 Å². The molecule has 0 spiro atoms. The maximum Gasteiger partial charge on any atom is 0.374 e. The van der Waals surface area contributed by atoms with Gasteiger partial charge in [-0.2, -0.15) is 0 Å². The molecule has 0 aliphatic carbocycles. The number of nitrogens with one attached hydrogen (secondary N) is 1. The molecule has 0 aliphatic heterocycles. The minimum atomic E-state index is -0.857. The van der Waals surface area contributed by atoms with Crippen LogP contribution >= 0.6 is 0 Å². The number of carbonyl (C=O) groups is 3. The van der Waals surface area contributed by atoms with Gasteiger partial charge >= 0.3 is 5.97 Å². The number of ether oxygens (including phenoxy) is 1. The van der Waals surface area contributed by atoms with Crippen LogP contribution in [0.25, 0.3) is 11.3 Å². The highest BCUT2D eigenvalue weighted by Gasteiger charge is 2.18. The van der Waals surface area contributed by atoms with Crippen LogP contribution in [0.1, 0.15) is 10.6 Å². The molecule has 7 nitrogen and oxygen atoms in total. The van der Waals surface area contributed by atoms with E-state index in [0.29, 0.717) is 0 Å². The van der Waals surface area contributed by atoms with E-state index in [1.807, 2.05) is 0 Å². The van der Waals surface area contributed by atoms with Gasteiger partial charge in [-0.25, -0.2) is 9.18 Å². The van der Waals surface area contributed by atoms with E-state index in [4.69, 9.17) is 9.15 Å². The van der Waals surface area contributed by atoms with Crippen LogP contribution in [-0.4, -0.2) is 49.9 Å².